The van der Waals surface area contributed by atoms with Gasteiger partial charge in [-0.2, -0.15) is 5.10 Å². The van der Waals surface area contributed by atoms with Gasteiger partial charge in [-0.05, 0) is 26.0 Å². The zero-order valence-electron chi connectivity index (χ0n) is 10.8. The van der Waals surface area contributed by atoms with Crippen molar-refractivity contribution in [3.8, 4) is 11.3 Å². The Balaban J connectivity index is 2.35. The van der Waals surface area contributed by atoms with Crippen LogP contribution in [-0.2, 0) is 16.4 Å². The lowest BCUT2D eigenvalue weighted by atomic mass is 10.1. The molecule has 5 nitrogen and oxygen atoms in total. The predicted molar refractivity (Wildman–Crippen MR) is 71.6 cm³/mol. The molecule has 3 rings (SSSR count). The third-order valence-electron chi connectivity index (χ3n) is 3.44. The number of rotatable bonds is 2. The van der Waals surface area contributed by atoms with Crippen molar-refractivity contribution < 1.29 is 8.42 Å². The maximum Gasteiger partial charge on any atom is 0.211 e. The standard InChI is InChI=1S/C13H15N3O2S/c1-8-3-4-11-10(7-8)12-13(19(11,17)18)9(2)16(15-12)6-5-14/h3-4,7H,5-6,14H2,1-2H3. The maximum absolute atomic E-state index is 12.5. The van der Waals surface area contributed by atoms with E-state index in [0.717, 1.165) is 5.56 Å². The summed E-state index contributed by atoms with van der Waals surface area (Å²) in [7, 11) is -3.43. The summed E-state index contributed by atoms with van der Waals surface area (Å²) >= 11 is 0. The highest BCUT2D eigenvalue weighted by molar-refractivity contribution is 7.92. The molecule has 0 radical (unpaired) electrons. The number of nitrogens with two attached hydrogens (primary N) is 1. The van der Waals surface area contributed by atoms with Crippen LogP contribution in [0.3, 0.4) is 0 Å². The van der Waals surface area contributed by atoms with E-state index in [0.29, 0.717) is 39.8 Å². The Bertz CT molecular complexity index is 775. The predicted octanol–water partition coefficient (Wildman–Crippen LogP) is 1.27. The maximum atomic E-state index is 12.5. The van der Waals surface area contributed by atoms with Gasteiger partial charge in [-0.1, -0.05) is 11.6 Å². The van der Waals surface area contributed by atoms with Crippen LogP contribution >= 0.6 is 0 Å². The molecule has 0 aliphatic carbocycles. The van der Waals surface area contributed by atoms with Crippen LogP contribution in [0.5, 0.6) is 0 Å². The number of sulfone groups is 1. The molecule has 19 heavy (non-hydrogen) atoms. The second-order valence-corrected chi connectivity index (χ2v) is 6.63. The average molecular weight is 277 g/mol. The van der Waals surface area contributed by atoms with Gasteiger partial charge in [-0.15, -0.1) is 0 Å². The minimum Gasteiger partial charge on any atom is -0.329 e. The van der Waals surface area contributed by atoms with Crippen LogP contribution in [0, 0.1) is 13.8 Å². The summed E-state index contributed by atoms with van der Waals surface area (Å²) in [6.45, 7) is 4.67. The first-order valence-corrected chi connectivity index (χ1v) is 7.58. The van der Waals surface area contributed by atoms with Gasteiger partial charge in [0.2, 0.25) is 9.84 Å². The molecule has 0 fully saturated rings. The van der Waals surface area contributed by atoms with E-state index < -0.39 is 9.84 Å². The fraction of sp³-hybridized carbons (Fsp3) is 0.308. The number of aryl methyl sites for hydroxylation is 1. The van der Waals surface area contributed by atoms with Crippen molar-refractivity contribution >= 4 is 9.84 Å². The lowest BCUT2D eigenvalue weighted by Gasteiger charge is -2.05. The van der Waals surface area contributed by atoms with Crippen molar-refractivity contribution in [2.24, 2.45) is 5.73 Å². The van der Waals surface area contributed by atoms with Gasteiger partial charge in [-0.3, -0.25) is 4.68 Å². The van der Waals surface area contributed by atoms with Gasteiger partial charge >= 0.3 is 0 Å². The normalized spacial score (nSPS) is 15.3. The molecule has 2 N–H and O–H groups in total. The molecule has 0 saturated heterocycles. The summed E-state index contributed by atoms with van der Waals surface area (Å²) in [5.41, 5.74) is 8.47. The van der Waals surface area contributed by atoms with Crippen LogP contribution in [-0.4, -0.2) is 24.7 Å². The van der Waals surface area contributed by atoms with Crippen LogP contribution in [0.25, 0.3) is 11.3 Å². The lowest BCUT2D eigenvalue weighted by Crippen LogP contribution is -2.13. The molecule has 0 unspecified atom stereocenters. The molecular formula is C13H15N3O2S. The molecular weight excluding hydrogens is 262 g/mol. The summed E-state index contributed by atoms with van der Waals surface area (Å²) in [6, 6.07) is 5.35. The number of nitrogens with zero attached hydrogens (tertiary/aromatic N) is 2. The van der Waals surface area contributed by atoms with E-state index in [1.54, 1.807) is 17.7 Å². The summed E-state index contributed by atoms with van der Waals surface area (Å²) in [5, 5.41) is 4.42. The molecule has 2 heterocycles. The fourth-order valence-corrected chi connectivity index (χ4v) is 4.35. The summed E-state index contributed by atoms with van der Waals surface area (Å²) in [5.74, 6) is 0. The number of hydrogen-bond acceptors (Lipinski definition) is 4. The summed E-state index contributed by atoms with van der Waals surface area (Å²) < 4.78 is 26.8. The molecule has 1 aromatic carbocycles. The SMILES string of the molecule is Cc1ccc2c(c1)-c1nn(CCN)c(C)c1S2(=O)=O. The average Bonchev–Trinajstić information content (AvgIpc) is 2.77. The largest absolute Gasteiger partial charge is 0.329 e. The quantitative estimate of drug-likeness (QED) is 0.765. The van der Waals surface area contributed by atoms with E-state index in [1.807, 2.05) is 19.1 Å². The molecule has 0 saturated carbocycles. The van der Waals surface area contributed by atoms with Gasteiger partial charge in [0.25, 0.3) is 0 Å². The van der Waals surface area contributed by atoms with E-state index in [-0.39, 0.29) is 0 Å². The molecule has 0 amide bonds. The second-order valence-electron chi connectivity index (χ2n) is 4.78. The van der Waals surface area contributed by atoms with Crippen molar-refractivity contribution in [3.63, 3.8) is 0 Å². The minimum absolute atomic E-state index is 0.335. The molecule has 0 spiro atoms. The topological polar surface area (TPSA) is 78.0 Å². The third kappa shape index (κ3) is 1.56. The third-order valence-corrected chi connectivity index (χ3v) is 5.40. The molecule has 2 aromatic rings. The Morgan fingerprint density at radius 2 is 2.05 bits per heavy atom. The van der Waals surface area contributed by atoms with E-state index in [1.165, 1.54) is 0 Å². The number of hydrogen-bond donors (Lipinski definition) is 1. The van der Waals surface area contributed by atoms with Crippen LogP contribution in [0.1, 0.15) is 11.3 Å². The zero-order chi connectivity index (χ0) is 13.8. The Kier molecular flexibility index (Phi) is 2.55. The van der Waals surface area contributed by atoms with E-state index in [4.69, 9.17) is 5.73 Å². The highest BCUT2D eigenvalue weighted by Crippen LogP contribution is 2.44. The summed E-state index contributed by atoms with van der Waals surface area (Å²) in [4.78, 5) is 0.695. The van der Waals surface area contributed by atoms with E-state index in [2.05, 4.69) is 5.10 Å². The smallest absolute Gasteiger partial charge is 0.211 e. The van der Waals surface area contributed by atoms with Gasteiger partial charge in [-0.25, -0.2) is 8.42 Å². The molecule has 1 aromatic heterocycles. The first kappa shape index (κ1) is 12.4. The highest BCUT2D eigenvalue weighted by atomic mass is 32.2. The van der Waals surface area contributed by atoms with Crippen LogP contribution < -0.4 is 5.73 Å². The zero-order valence-corrected chi connectivity index (χ0v) is 11.7. The van der Waals surface area contributed by atoms with Crippen LogP contribution in [0.15, 0.2) is 28.0 Å². The molecule has 6 heteroatoms. The van der Waals surface area contributed by atoms with Gasteiger partial charge in [0, 0.05) is 12.1 Å². The Morgan fingerprint density at radius 1 is 1.32 bits per heavy atom. The molecule has 0 atom stereocenters. The fourth-order valence-electron chi connectivity index (χ4n) is 2.54. The van der Waals surface area contributed by atoms with Crippen molar-refractivity contribution in [2.75, 3.05) is 6.54 Å². The number of aromatic nitrogens is 2. The van der Waals surface area contributed by atoms with Crippen molar-refractivity contribution in [3.05, 3.63) is 29.5 Å². The monoisotopic (exact) mass is 277 g/mol. The van der Waals surface area contributed by atoms with Gasteiger partial charge in [0.1, 0.15) is 10.6 Å². The van der Waals surface area contributed by atoms with Crippen molar-refractivity contribution in [2.45, 2.75) is 30.2 Å². The highest BCUT2D eigenvalue weighted by Gasteiger charge is 2.38. The second kappa shape index (κ2) is 3.91. The van der Waals surface area contributed by atoms with Crippen LogP contribution in [0.4, 0.5) is 0 Å². The van der Waals surface area contributed by atoms with Crippen LogP contribution in [0.2, 0.25) is 0 Å². The first-order chi connectivity index (χ1) is 8.96. The number of fused-ring (bicyclic) bond motifs is 3. The molecule has 0 bridgehead atoms. The Hall–Kier alpha value is -1.66. The molecule has 100 valence electrons. The minimum atomic E-state index is -3.43. The molecule has 1 aliphatic rings. The van der Waals surface area contributed by atoms with E-state index in [9.17, 15) is 8.42 Å². The van der Waals surface area contributed by atoms with Crippen molar-refractivity contribution in [1.29, 1.82) is 0 Å². The number of benzene rings is 1. The Labute approximate surface area is 112 Å². The first-order valence-electron chi connectivity index (χ1n) is 6.10. The van der Waals surface area contributed by atoms with Gasteiger partial charge in [0.15, 0.2) is 0 Å². The van der Waals surface area contributed by atoms with Gasteiger partial charge < -0.3 is 5.73 Å². The van der Waals surface area contributed by atoms with E-state index >= 15 is 0 Å². The molecule has 1 aliphatic heterocycles. The summed E-state index contributed by atoms with van der Waals surface area (Å²) in [6.07, 6.45) is 0. The van der Waals surface area contributed by atoms with Crippen molar-refractivity contribution in [1.82, 2.24) is 9.78 Å². The van der Waals surface area contributed by atoms with Gasteiger partial charge in [0.05, 0.1) is 17.1 Å². The lowest BCUT2D eigenvalue weighted by molar-refractivity contribution is 0.589. The Morgan fingerprint density at radius 3 is 2.74 bits per heavy atom.